The molecular formula is C22H37N3O2S2. The molecule has 7 heteroatoms. The van der Waals surface area contributed by atoms with Crippen molar-refractivity contribution in [3.05, 3.63) is 26.4 Å². The lowest BCUT2D eigenvalue weighted by atomic mass is 10.2. The first-order valence-corrected chi connectivity index (χ1v) is 11.7. The van der Waals surface area contributed by atoms with Gasteiger partial charge in [0.25, 0.3) is 0 Å². The van der Waals surface area contributed by atoms with Crippen LogP contribution in [0, 0.1) is 34.6 Å². The number of anilines is 2. The molecular weight excluding hydrogens is 402 g/mol. The topological polar surface area (TPSA) is 48.3 Å². The van der Waals surface area contributed by atoms with Crippen LogP contribution in [0.25, 0.3) is 0 Å². The highest BCUT2D eigenvalue weighted by Gasteiger charge is 2.16. The van der Waals surface area contributed by atoms with Gasteiger partial charge >= 0.3 is 0 Å². The summed E-state index contributed by atoms with van der Waals surface area (Å²) in [6.07, 6.45) is 0.570. The Hall–Kier alpha value is -1.57. The van der Waals surface area contributed by atoms with Crippen molar-refractivity contribution in [3.8, 4) is 0 Å². The zero-order valence-electron chi connectivity index (χ0n) is 19.6. The van der Waals surface area contributed by atoms with Crippen LogP contribution in [0.5, 0.6) is 0 Å². The Morgan fingerprint density at radius 2 is 1.31 bits per heavy atom. The van der Waals surface area contributed by atoms with Gasteiger partial charge in [-0.1, -0.05) is 6.92 Å². The molecule has 0 saturated heterocycles. The lowest BCUT2D eigenvalue weighted by molar-refractivity contribution is -0.156. The SMILES string of the molecule is CCC(=Nc1c(N(C)CC)sc(C)c1C)OO.CCN(C)c1sc(C)c(C)c1C. The van der Waals surface area contributed by atoms with Crippen molar-refractivity contribution in [2.45, 2.75) is 61.8 Å². The van der Waals surface area contributed by atoms with Crippen molar-refractivity contribution in [2.24, 2.45) is 4.99 Å². The van der Waals surface area contributed by atoms with Crippen molar-refractivity contribution < 1.29 is 10.1 Å². The molecule has 2 heterocycles. The number of nitrogens with zero attached hydrogens (tertiary/aromatic N) is 3. The van der Waals surface area contributed by atoms with E-state index in [4.69, 9.17) is 5.26 Å². The average Bonchev–Trinajstić information content (AvgIpc) is 3.15. The molecule has 0 bridgehead atoms. The zero-order chi connectivity index (χ0) is 22.3. The predicted octanol–water partition coefficient (Wildman–Crippen LogP) is 6.88. The molecule has 0 aliphatic carbocycles. The maximum absolute atomic E-state index is 8.73. The number of hydrogen-bond donors (Lipinski definition) is 1. The first kappa shape index (κ1) is 25.5. The van der Waals surface area contributed by atoms with E-state index in [-0.39, 0.29) is 0 Å². The van der Waals surface area contributed by atoms with Gasteiger partial charge in [0.2, 0.25) is 5.90 Å². The molecule has 0 saturated carbocycles. The number of aliphatic imine (C=N–C) groups is 1. The second-order valence-electron chi connectivity index (χ2n) is 7.13. The minimum atomic E-state index is 0.344. The van der Waals surface area contributed by atoms with Gasteiger partial charge in [-0.05, 0) is 65.2 Å². The number of aryl methyl sites for hydroxylation is 2. The lowest BCUT2D eigenvalue weighted by Gasteiger charge is -2.15. The normalized spacial score (nSPS) is 11.2. The Morgan fingerprint density at radius 3 is 1.72 bits per heavy atom. The van der Waals surface area contributed by atoms with E-state index in [1.54, 1.807) is 11.3 Å². The van der Waals surface area contributed by atoms with Crippen molar-refractivity contribution in [1.29, 1.82) is 0 Å². The summed E-state index contributed by atoms with van der Waals surface area (Å²) in [5.74, 6) is 0.344. The first-order chi connectivity index (χ1) is 13.6. The molecule has 0 amide bonds. The van der Waals surface area contributed by atoms with Crippen LogP contribution in [0.4, 0.5) is 15.7 Å². The van der Waals surface area contributed by atoms with E-state index in [9.17, 15) is 0 Å². The molecule has 164 valence electrons. The maximum Gasteiger partial charge on any atom is 0.232 e. The smallest absolute Gasteiger partial charge is 0.232 e. The van der Waals surface area contributed by atoms with Gasteiger partial charge in [0.1, 0.15) is 10.7 Å². The largest absolute Gasteiger partial charge is 0.367 e. The summed E-state index contributed by atoms with van der Waals surface area (Å²) in [5.41, 5.74) is 4.95. The molecule has 2 rings (SSSR count). The zero-order valence-corrected chi connectivity index (χ0v) is 21.3. The fraction of sp³-hybridized carbons (Fsp3) is 0.591. The summed E-state index contributed by atoms with van der Waals surface area (Å²) < 4.78 is 0. The molecule has 0 radical (unpaired) electrons. The van der Waals surface area contributed by atoms with Crippen LogP contribution >= 0.6 is 22.7 Å². The Morgan fingerprint density at radius 1 is 0.828 bits per heavy atom. The third-order valence-corrected chi connectivity index (χ3v) is 8.02. The summed E-state index contributed by atoms with van der Waals surface area (Å²) in [4.78, 5) is 15.8. The van der Waals surface area contributed by atoms with Crippen molar-refractivity contribution >= 4 is 44.3 Å². The molecule has 29 heavy (non-hydrogen) atoms. The van der Waals surface area contributed by atoms with E-state index in [2.05, 4.69) is 68.3 Å². The van der Waals surface area contributed by atoms with Crippen LogP contribution in [0.15, 0.2) is 4.99 Å². The fourth-order valence-electron chi connectivity index (χ4n) is 2.65. The standard InChI is InChI=1S/C12H20N2O2S.C10H17NS/c1-6-10(16-15)13-11-8(3)9(4)17-12(11)14(5)7-2;1-6-11(5)10-8(3)7(2)9(4)12-10/h15H,6-7H2,1-5H3;6H2,1-5H3. The fourth-order valence-corrected chi connectivity index (χ4v) is 4.96. The van der Waals surface area contributed by atoms with Crippen LogP contribution in [-0.2, 0) is 4.89 Å². The second kappa shape index (κ2) is 11.6. The third kappa shape index (κ3) is 6.20. The van der Waals surface area contributed by atoms with Gasteiger partial charge < -0.3 is 14.7 Å². The average molecular weight is 440 g/mol. The quantitative estimate of drug-likeness (QED) is 0.231. The second-order valence-corrected chi connectivity index (χ2v) is 9.54. The molecule has 0 aromatic carbocycles. The van der Waals surface area contributed by atoms with Crippen LogP contribution in [-0.4, -0.2) is 38.3 Å². The van der Waals surface area contributed by atoms with Gasteiger partial charge in [-0.3, -0.25) is 0 Å². The summed E-state index contributed by atoms with van der Waals surface area (Å²) in [6.45, 7) is 18.9. The first-order valence-electron chi connectivity index (χ1n) is 10.1. The number of hydrogen-bond acceptors (Lipinski definition) is 7. The van der Waals surface area contributed by atoms with Crippen LogP contribution < -0.4 is 9.80 Å². The van der Waals surface area contributed by atoms with E-state index in [0.29, 0.717) is 12.3 Å². The Kier molecular flexibility index (Phi) is 10.2. The van der Waals surface area contributed by atoms with Crippen LogP contribution in [0.1, 0.15) is 53.6 Å². The Balaban J connectivity index is 0.000000308. The molecule has 0 fully saturated rings. The molecule has 2 aromatic heterocycles. The summed E-state index contributed by atoms with van der Waals surface area (Å²) in [5, 5.41) is 11.3. The molecule has 0 unspecified atom stereocenters. The van der Waals surface area contributed by atoms with Crippen LogP contribution in [0.3, 0.4) is 0 Å². The van der Waals surface area contributed by atoms with Gasteiger partial charge in [-0.25, -0.2) is 10.2 Å². The van der Waals surface area contributed by atoms with E-state index in [0.717, 1.165) is 29.3 Å². The van der Waals surface area contributed by atoms with E-state index in [1.807, 2.05) is 32.2 Å². The van der Waals surface area contributed by atoms with Crippen molar-refractivity contribution in [1.82, 2.24) is 0 Å². The molecule has 0 aliphatic heterocycles. The monoisotopic (exact) mass is 439 g/mol. The van der Waals surface area contributed by atoms with Crippen molar-refractivity contribution in [2.75, 3.05) is 37.0 Å². The van der Waals surface area contributed by atoms with Gasteiger partial charge in [0, 0.05) is 43.4 Å². The molecule has 2 aromatic rings. The number of rotatable bonds is 6. The Labute approximate surface area is 184 Å². The molecule has 5 nitrogen and oxygen atoms in total. The van der Waals surface area contributed by atoms with E-state index < -0.39 is 0 Å². The Bertz CT molecular complexity index is 819. The molecule has 0 spiro atoms. The summed E-state index contributed by atoms with van der Waals surface area (Å²) >= 11 is 3.62. The van der Waals surface area contributed by atoms with Gasteiger partial charge in [0.05, 0.1) is 5.00 Å². The van der Waals surface area contributed by atoms with E-state index in [1.165, 1.54) is 25.9 Å². The highest BCUT2D eigenvalue weighted by atomic mass is 32.1. The summed E-state index contributed by atoms with van der Waals surface area (Å²) in [6, 6.07) is 0. The van der Waals surface area contributed by atoms with Crippen LogP contribution in [0.2, 0.25) is 0 Å². The highest BCUT2D eigenvalue weighted by molar-refractivity contribution is 7.17. The molecule has 1 N–H and O–H groups in total. The predicted molar refractivity (Wildman–Crippen MR) is 131 cm³/mol. The third-order valence-electron chi connectivity index (χ3n) is 5.28. The lowest BCUT2D eigenvalue weighted by Crippen LogP contribution is -2.15. The summed E-state index contributed by atoms with van der Waals surface area (Å²) in [7, 11) is 4.19. The van der Waals surface area contributed by atoms with E-state index >= 15 is 0 Å². The van der Waals surface area contributed by atoms with Crippen molar-refractivity contribution in [3.63, 3.8) is 0 Å². The van der Waals surface area contributed by atoms with Gasteiger partial charge in [-0.15, -0.1) is 22.7 Å². The van der Waals surface area contributed by atoms with Gasteiger partial charge in [0.15, 0.2) is 0 Å². The molecule has 0 aliphatic rings. The van der Waals surface area contributed by atoms with Gasteiger partial charge in [-0.2, -0.15) is 0 Å². The highest BCUT2D eigenvalue weighted by Crippen LogP contribution is 2.41. The minimum Gasteiger partial charge on any atom is -0.367 e. The maximum atomic E-state index is 8.73. The molecule has 0 atom stereocenters. The minimum absolute atomic E-state index is 0.344. The number of thiophene rings is 2.